The van der Waals surface area contributed by atoms with Crippen molar-refractivity contribution in [2.75, 3.05) is 0 Å². The van der Waals surface area contributed by atoms with E-state index < -0.39 is 16.2 Å². The molecule has 24 aromatic rings. The van der Waals surface area contributed by atoms with Crippen molar-refractivity contribution in [1.29, 1.82) is 0 Å². The molecule has 0 saturated heterocycles. The molecule has 0 saturated carbocycles. The van der Waals surface area contributed by atoms with Gasteiger partial charge in [0.05, 0.1) is 65.9 Å². The Morgan fingerprint density at radius 3 is 0.738 bits per heavy atom. The minimum absolute atomic E-state index is 0.502. The number of para-hydroxylation sites is 6. The van der Waals surface area contributed by atoms with Gasteiger partial charge in [-0.1, -0.05) is 376 Å². The summed E-state index contributed by atoms with van der Waals surface area (Å²) in [6, 6.07) is 154. The van der Waals surface area contributed by atoms with Crippen LogP contribution in [0.5, 0.6) is 0 Å². The Bertz CT molecular complexity index is 7520. The van der Waals surface area contributed by atoms with Crippen molar-refractivity contribution >= 4 is 98.4 Å². The highest BCUT2D eigenvalue weighted by atomic mass is 15.0. The third-order valence-electron chi connectivity index (χ3n) is 27.0. The van der Waals surface area contributed by atoms with E-state index in [0.717, 1.165) is 94.0 Å². The Hall–Kier alpha value is -16.6. The van der Waals surface area contributed by atoms with Crippen molar-refractivity contribution in [3.63, 3.8) is 0 Å². The standard InChI is InChI=1S/C40H26N2.2C39H25N3/c1-4-14-27(15-5-1)40(28-16-6-2-7-17-28)35-22-12-10-20-30(35)32-24-25-33-38(37(32)40)41-26-34-31-21-11-13-23-36(31)42(39(33)34)29-18-8-3-9-19-29;2*1-4-14-26(15-5-1)39(27-16-6-2-7-17-27)33-22-12-10-20-29(33)31-24-41-37-36(35(31)39)40-25-32-30-21-11-13-23-34(30)42(38(32)37)28-18-8-3-9-19-28/h1-26H;2*1-25H. The van der Waals surface area contributed by atoms with Crippen molar-refractivity contribution in [1.82, 2.24) is 38.6 Å². The van der Waals surface area contributed by atoms with E-state index in [4.69, 9.17) is 24.9 Å². The van der Waals surface area contributed by atoms with Crippen LogP contribution < -0.4 is 0 Å². The molecule has 8 heterocycles. The maximum absolute atomic E-state index is 5.35. The summed E-state index contributed by atoms with van der Waals surface area (Å²) in [6.45, 7) is 0. The van der Waals surface area contributed by atoms with E-state index in [1.807, 2.05) is 0 Å². The second-order valence-electron chi connectivity index (χ2n) is 33.1. The van der Waals surface area contributed by atoms with E-state index in [2.05, 4.69) is 475 Å². The third-order valence-corrected chi connectivity index (χ3v) is 27.0. The fraction of sp³-hybridized carbons (Fsp3) is 0.0254. The molecule has 8 nitrogen and oxygen atoms in total. The summed E-state index contributed by atoms with van der Waals surface area (Å²) >= 11 is 0. The zero-order chi connectivity index (χ0) is 83.0. The van der Waals surface area contributed by atoms with Crippen LogP contribution in [0.2, 0.25) is 0 Å². The minimum atomic E-state index is -0.542. The van der Waals surface area contributed by atoms with Gasteiger partial charge in [0.2, 0.25) is 0 Å². The second-order valence-corrected chi connectivity index (χ2v) is 33.1. The van der Waals surface area contributed by atoms with Crippen molar-refractivity contribution in [3.05, 3.63) is 528 Å². The molecule has 0 atom stereocenters. The summed E-state index contributed by atoms with van der Waals surface area (Å²) in [7, 11) is 0. The minimum Gasteiger partial charge on any atom is -0.309 e. The lowest BCUT2D eigenvalue weighted by atomic mass is 9.67. The average molecular weight is 1610 g/mol. The molecule has 8 heteroatoms. The number of hydrogen-bond acceptors (Lipinski definition) is 5. The molecule has 0 amide bonds. The number of hydrogen-bond donors (Lipinski definition) is 0. The molecule has 0 spiro atoms. The highest BCUT2D eigenvalue weighted by Crippen LogP contribution is 2.62. The molecule has 0 bridgehead atoms. The van der Waals surface area contributed by atoms with Crippen LogP contribution in [0.4, 0.5) is 0 Å². The Balaban J connectivity index is 0.000000103. The Kier molecular flexibility index (Phi) is 16.5. The van der Waals surface area contributed by atoms with Crippen molar-refractivity contribution in [3.8, 4) is 50.4 Å². The third kappa shape index (κ3) is 10.3. The van der Waals surface area contributed by atoms with Gasteiger partial charge < -0.3 is 13.7 Å². The van der Waals surface area contributed by atoms with Crippen LogP contribution in [-0.2, 0) is 16.2 Å². The number of benzene rings is 16. The normalized spacial score (nSPS) is 13.4. The first kappa shape index (κ1) is 72.3. The van der Waals surface area contributed by atoms with E-state index in [1.54, 1.807) is 0 Å². The summed E-state index contributed by atoms with van der Waals surface area (Å²) < 4.78 is 7.11. The monoisotopic (exact) mass is 1600 g/mol. The van der Waals surface area contributed by atoms with Gasteiger partial charge in [0.15, 0.2) is 0 Å². The number of fused-ring (bicyclic) bond motifs is 27. The van der Waals surface area contributed by atoms with Gasteiger partial charge in [0.1, 0.15) is 11.0 Å². The topological polar surface area (TPSA) is 79.2 Å². The summed E-state index contributed by atoms with van der Waals surface area (Å²) in [5, 5.41) is 8.11. The Labute approximate surface area is 727 Å². The van der Waals surface area contributed by atoms with Crippen LogP contribution in [0.25, 0.3) is 149 Å². The van der Waals surface area contributed by atoms with Crippen molar-refractivity contribution in [2.24, 2.45) is 0 Å². The van der Waals surface area contributed by atoms with Gasteiger partial charge in [-0.25, -0.2) is 0 Å². The average Bonchev–Trinajstić information content (AvgIpc) is 1.52. The summed E-state index contributed by atoms with van der Waals surface area (Å²) in [5.74, 6) is 0. The number of rotatable bonds is 9. The molecule has 0 N–H and O–H groups in total. The van der Waals surface area contributed by atoms with Gasteiger partial charge in [0.25, 0.3) is 0 Å². The fourth-order valence-electron chi connectivity index (χ4n) is 22.1. The molecule has 0 radical (unpaired) electrons. The van der Waals surface area contributed by atoms with E-state index in [0.29, 0.717) is 0 Å². The second kappa shape index (κ2) is 28.8. The van der Waals surface area contributed by atoms with Crippen molar-refractivity contribution < 1.29 is 0 Å². The van der Waals surface area contributed by atoms with E-state index in [-0.39, 0.29) is 0 Å². The number of nitrogens with zero attached hydrogens (tertiary/aromatic N) is 8. The molecule has 126 heavy (non-hydrogen) atoms. The van der Waals surface area contributed by atoms with E-state index >= 15 is 0 Å². The highest BCUT2D eigenvalue weighted by Gasteiger charge is 2.51. The Morgan fingerprint density at radius 1 is 0.159 bits per heavy atom. The largest absolute Gasteiger partial charge is 0.309 e. The summed E-state index contributed by atoms with van der Waals surface area (Å²) in [6.07, 6.45) is 10.4. The van der Waals surface area contributed by atoms with Gasteiger partial charge >= 0.3 is 0 Å². The first-order valence-corrected chi connectivity index (χ1v) is 43.2. The summed E-state index contributed by atoms with van der Waals surface area (Å²) in [4.78, 5) is 26.4. The molecule has 0 aliphatic heterocycles. The lowest BCUT2D eigenvalue weighted by Gasteiger charge is -2.34. The molecule has 0 unspecified atom stereocenters. The molecule has 0 fully saturated rings. The molecular formula is C118H76N8. The van der Waals surface area contributed by atoms with Gasteiger partial charge in [-0.3, -0.25) is 24.9 Å². The maximum atomic E-state index is 5.35. The first-order chi connectivity index (χ1) is 62.6. The molecule has 16 aromatic carbocycles. The molecular weight excluding hydrogens is 1530 g/mol. The Morgan fingerprint density at radius 2 is 0.405 bits per heavy atom. The van der Waals surface area contributed by atoms with Crippen molar-refractivity contribution in [2.45, 2.75) is 16.2 Å². The van der Waals surface area contributed by atoms with Crippen LogP contribution in [0.1, 0.15) is 66.8 Å². The van der Waals surface area contributed by atoms with Crippen LogP contribution in [0, 0.1) is 0 Å². The van der Waals surface area contributed by atoms with Gasteiger partial charge in [0, 0.05) is 114 Å². The van der Waals surface area contributed by atoms with Crippen LogP contribution >= 0.6 is 0 Å². The smallest absolute Gasteiger partial charge is 0.114 e. The summed E-state index contributed by atoms with van der Waals surface area (Å²) in [5.41, 5.74) is 35.4. The first-order valence-electron chi connectivity index (χ1n) is 43.2. The molecule has 588 valence electrons. The van der Waals surface area contributed by atoms with Crippen LogP contribution in [0.3, 0.4) is 0 Å². The quantitative estimate of drug-likeness (QED) is 0.144. The zero-order valence-electron chi connectivity index (χ0n) is 68.5. The van der Waals surface area contributed by atoms with E-state index in [9.17, 15) is 0 Å². The molecule has 8 aromatic heterocycles. The van der Waals surface area contributed by atoms with E-state index in [1.165, 1.54) is 122 Å². The predicted molar refractivity (Wildman–Crippen MR) is 516 cm³/mol. The molecule has 3 aliphatic rings. The lowest BCUT2D eigenvalue weighted by Crippen LogP contribution is -2.29. The number of pyridine rings is 5. The zero-order valence-corrected chi connectivity index (χ0v) is 68.5. The van der Waals surface area contributed by atoms with Crippen LogP contribution in [-0.4, -0.2) is 38.6 Å². The molecule has 27 rings (SSSR count). The predicted octanol–water partition coefficient (Wildman–Crippen LogP) is 27.9. The lowest BCUT2D eigenvalue weighted by molar-refractivity contribution is 0.772. The van der Waals surface area contributed by atoms with Gasteiger partial charge in [-0.15, -0.1) is 0 Å². The SMILES string of the molecule is c1ccc(-n2c3ccccc3c3cnc4c5c(ccc4c32)-c2ccccc2C5(c2ccccc2)c2ccccc2)cc1.c1ccc(-n2c3ccccc3c3cnc4c5c(cnc4c32)-c2ccccc2C5(c2ccccc2)c2ccccc2)cc1.c1ccc(-n2c3ccccc3c3cnc4c5c(cnc4c32)-c2ccccc2C5(c2ccccc2)c2ccccc2)cc1. The highest BCUT2D eigenvalue weighted by molar-refractivity contribution is 6.21. The number of aromatic nitrogens is 8. The van der Waals surface area contributed by atoms with Gasteiger partial charge in [-0.2, -0.15) is 0 Å². The maximum Gasteiger partial charge on any atom is 0.114 e. The van der Waals surface area contributed by atoms with Gasteiger partial charge in [-0.05, 0) is 127 Å². The van der Waals surface area contributed by atoms with Crippen LogP contribution in [0.15, 0.2) is 462 Å². The molecule has 3 aliphatic carbocycles. The fourth-order valence-corrected chi connectivity index (χ4v) is 22.1.